The Balaban J connectivity index is 1.45. The van der Waals surface area contributed by atoms with Crippen molar-refractivity contribution < 1.29 is 23.4 Å². The zero-order chi connectivity index (χ0) is 17.6. The Morgan fingerprint density at radius 1 is 1.36 bits per heavy atom. The van der Waals surface area contributed by atoms with E-state index in [0.29, 0.717) is 31.3 Å². The van der Waals surface area contributed by atoms with Gasteiger partial charge in [-0.25, -0.2) is 4.39 Å². The van der Waals surface area contributed by atoms with Gasteiger partial charge in [-0.05, 0) is 37.3 Å². The molecule has 0 radical (unpaired) electrons. The Hall–Kier alpha value is -1.37. The minimum absolute atomic E-state index is 0.0354. The molecule has 5 nitrogen and oxygen atoms in total. The lowest BCUT2D eigenvalue weighted by Crippen LogP contribution is -2.51. The van der Waals surface area contributed by atoms with E-state index in [0.717, 1.165) is 6.61 Å². The first-order valence-corrected chi connectivity index (χ1v) is 9.06. The molecule has 138 valence electrons. The van der Waals surface area contributed by atoms with Crippen LogP contribution in [0.15, 0.2) is 18.2 Å². The maximum absolute atomic E-state index is 13.1. The molecule has 7 heteroatoms. The van der Waals surface area contributed by atoms with E-state index in [-0.39, 0.29) is 29.7 Å². The second kappa shape index (κ2) is 8.83. The largest absolute Gasteiger partial charge is 0.484 e. The third-order valence-electron chi connectivity index (χ3n) is 4.68. The summed E-state index contributed by atoms with van der Waals surface area (Å²) in [6.07, 6.45) is 4.31. The number of rotatable bonds is 7. The van der Waals surface area contributed by atoms with Crippen molar-refractivity contribution in [2.75, 3.05) is 26.4 Å². The standard InChI is InChI=1S/C18H23ClFNO4/c19-14-8-13(4-5-15(14)20)24-11-18(22)21-16-6-7-23-10-17(16)25-9-12-2-1-3-12/h4-5,8,12,16-17H,1-3,6-7,9-11H2,(H,21,22)/t16-,17-/m1/s1. The van der Waals surface area contributed by atoms with Gasteiger partial charge in [-0.15, -0.1) is 0 Å². The highest BCUT2D eigenvalue weighted by Gasteiger charge is 2.29. The first-order valence-electron chi connectivity index (χ1n) is 8.68. The minimum Gasteiger partial charge on any atom is -0.484 e. The second-order valence-electron chi connectivity index (χ2n) is 6.57. The van der Waals surface area contributed by atoms with Crippen molar-refractivity contribution in [3.8, 4) is 5.75 Å². The van der Waals surface area contributed by atoms with E-state index < -0.39 is 5.82 Å². The molecule has 2 atom stereocenters. The third-order valence-corrected chi connectivity index (χ3v) is 4.97. The summed E-state index contributed by atoms with van der Waals surface area (Å²) in [6, 6.07) is 3.91. The maximum atomic E-state index is 13.1. The average molecular weight is 372 g/mol. The molecule has 1 amide bonds. The van der Waals surface area contributed by atoms with Crippen molar-refractivity contribution in [2.45, 2.75) is 37.8 Å². The molecule has 25 heavy (non-hydrogen) atoms. The van der Waals surface area contributed by atoms with Gasteiger partial charge in [0.15, 0.2) is 6.61 Å². The normalized spacial score (nSPS) is 23.8. The monoisotopic (exact) mass is 371 g/mol. The molecule has 0 bridgehead atoms. The number of hydrogen-bond acceptors (Lipinski definition) is 4. The number of ether oxygens (including phenoxy) is 3. The van der Waals surface area contributed by atoms with Crippen LogP contribution in [0.5, 0.6) is 5.75 Å². The second-order valence-corrected chi connectivity index (χ2v) is 6.98. The molecule has 1 aliphatic heterocycles. The predicted octanol–water partition coefficient (Wildman–Crippen LogP) is 2.95. The first-order chi connectivity index (χ1) is 12.1. The number of benzene rings is 1. The van der Waals surface area contributed by atoms with Crippen LogP contribution in [0.2, 0.25) is 5.02 Å². The van der Waals surface area contributed by atoms with Crippen LogP contribution in [-0.4, -0.2) is 44.5 Å². The molecule has 2 aliphatic rings. The molecule has 1 saturated heterocycles. The van der Waals surface area contributed by atoms with Crippen LogP contribution in [-0.2, 0) is 14.3 Å². The lowest BCUT2D eigenvalue weighted by molar-refractivity contribution is -0.129. The Morgan fingerprint density at radius 2 is 2.20 bits per heavy atom. The SMILES string of the molecule is O=C(COc1ccc(F)c(Cl)c1)N[C@@H]1CCOC[C@H]1OCC1CCC1. The molecule has 2 fully saturated rings. The molecule has 0 aromatic heterocycles. The summed E-state index contributed by atoms with van der Waals surface area (Å²) in [7, 11) is 0. The summed E-state index contributed by atoms with van der Waals surface area (Å²) in [5.74, 6) is 0.230. The predicted molar refractivity (Wildman–Crippen MR) is 91.4 cm³/mol. The molecular weight excluding hydrogens is 349 g/mol. The van der Waals surface area contributed by atoms with E-state index in [2.05, 4.69) is 5.32 Å². The fourth-order valence-electron chi connectivity index (χ4n) is 2.92. The molecule has 1 saturated carbocycles. The van der Waals surface area contributed by atoms with Crippen molar-refractivity contribution in [1.82, 2.24) is 5.32 Å². The van der Waals surface area contributed by atoms with Crippen LogP contribution < -0.4 is 10.1 Å². The van der Waals surface area contributed by atoms with Crippen molar-refractivity contribution >= 4 is 17.5 Å². The molecule has 0 unspecified atom stereocenters. The highest BCUT2D eigenvalue weighted by atomic mass is 35.5. The fraction of sp³-hybridized carbons (Fsp3) is 0.611. The van der Waals surface area contributed by atoms with Gasteiger partial charge in [0.2, 0.25) is 0 Å². The molecule has 1 N–H and O–H groups in total. The molecule has 1 heterocycles. The summed E-state index contributed by atoms with van der Waals surface area (Å²) in [6.45, 7) is 1.66. The van der Waals surface area contributed by atoms with Crippen LogP contribution in [0, 0.1) is 11.7 Å². The first kappa shape index (κ1) is 18.4. The van der Waals surface area contributed by atoms with E-state index in [9.17, 15) is 9.18 Å². The van der Waals surface area contributed by atoms with Crippen molar-refractivity contribution in [3.63, 3.8) is 0 Å². The molecule has 1 aromatic carbocycles. The Labute approximate surface area is 151 Å². The number of hydrogen-bond donors (Lipinski definition) is 1. The van der Waals surface area contributed by atoms with Crippen LogP contribution in [0.3, 0.4) is 0 Å². The van der Waals surface area contributed by atoms with E-state index in [1.807, 2.05) is 0 Å². The smallest absolute Gasteiger partial charge is 0.258 e. The van der Waals surface area contributed by atoms with Gasteiger partial charge in [0, 0.05) is 19.3 Å². The molecule has 1 aliphatic carbocycles. The van der Waals surface area contributed by atoms with Crippen LogP contribution in [0.1, 0.15) is 25.7 Å². The van der Waals surface area contributed by atoms with Gasteiger partial charge in [-0.3, -0.25) is 4.79 Å². The highest BCUT2D eigenvalue weighted by molar-refractivity contribution is 6.30. The van der Waals surface area contributed by atoms with Crippen LogP contribution in [0.25, 0.3) is 0 Å². The van der Waals surface area contributed by atoms with Gasteiger partial charge in [0.05, 0.1) is 17.7 Å². The van der Waals surface area contributed by atoms with E-state index in [1.54, 1.807) is 0 Å². The quantitative estimate of drug-likeness (QED) is 0.800. The van der Waals surface area contributed by atoms with Crippen molar-refractivity contribution in [3.05, 3.63) is 29.0 Å². The van der Waals surface area contributed by atoms with Gasteiger partial charge in [-0.1, -0.05) is 18.0 Å². The number of carbonyl (C=O) groups excluding carboxylic acids is 1. The van der Waals surface area contributed by atoms with Crippen molar-refractivity contribution in [2.24, 2.45) is 5.92 Å². The van der Waals surface area contributed by atoms with Gasteiger partial charge >= 0.3 is 0 Å². The number of halogens is 2. The van der Waals surface area contributed by atoms with Gasteiger partial charge in [0.1, 0.15) is 17.7 Å². The van der Waals surface area contributed by atoms with Gasteiger partial charge in [-0.2, -0.15) is 0 Å². The topological polar surface area (TPSA) is 56.8 Å². The zero-order valence-corrected chi connectivity index (χ0v) is 14.8. The average Bonchev–Trinajstić information content (AvgIpc) is 2.56. The van der Waals surface area contributed by atoms with Gasteiger partial charge in [0.25, 0.3) is 5.91 Å². The molecule has 0 spiro atoms. The Morgan fingerprint density at radius 3 is 2.92 bits per heavy atom. The summed E-state index contributed by atoms with van der Waals surface area (Å²) >= 11 is 5.69. The van der Waals surface area contributed by atoms with Crippen LogP contribution >= 0.6 is 11.6 Å². The van der Waals surface area contributed by atoms with Crippen LogP contribution in [0.4, 0.5) is 4.39 Å². The summed E-state index contributed by atoms with van der Waals surface area (Å²) in [5.41, 5.74) is 0. The Bertz CT molecular complexity index is 596. The summed E-state index contributed by atoms with van der Waals surface area (Å²) < 4.78 is 29.9. The van der Waals surface area contributed by atoms with E-state index in [1.165, 1.54) is 37.5 Å². The van der Waals surface area contributed by atoms with Crippen molar-refractivity contribution in [1.29, 1.82) is 0 Å². The maximum Gasteiger partial charge on any atom is 0.258 e. The van der Waals surface area contributed by atoms with E-state index in [4.69, 9.17) is 25.8 Å². The minimum atomic E-state index is -0.521. The lowest BCUT2D eigenvalue weighted by Gasteiger charge is -2.34. The van der Waals surface area contributed by atoms with E-state index >= 15 is 0 Å². The number of nitrogens with one attached hydrogen (secondary N) is 1. The zero-order valence-electron chi connectivity index (χ0n) is 14.0. The summed E-state index contributed by atoms with van der Waals surface area (Å²) in [4.78, 5) is 12.1. The number of carbonyl (C=O) groups is 1. The Kier molecular flexibility index (Phi) is 6.51. The highest BCUT2D eigenvalue weighted by Crippen LogP contribution is 2.27. The van der Waals surface area contributed by atoms with Gasteiger partial charge < -0.3 is 19.5 Å². The molecule has 3 rings (SSSR count). The number of amides is 1. The molecular formula is C18H23ClFNO4. The lowest BCUT2D eigenvalue weighted by atomic mass is 9.86. The third kappa shape index (κ3) is 5.30. The fourth-order valence-corrected chi connectivity index (χ4v) is 3.09. The summed E-state index contributed by atoms with van der Waals surface area (Å²) in [5, 5.41) is 2.91. The molecule has 1 aromatic rings.